The van der Waals surface area contributed by atoms with Crippen molar-refractivity contribution in [2.75, 3.05) is 25.4 Å². The normalized spacial score (nSPS) is 27.7. The Morgan fingerprint density at radius 3 is 2.54 bits per heavy atom. The van der Waals surface area contributed by atoms with Crippen molar-refractivity contribution < 1.29 is 18.5 Å². The minimum absolute atomic E-state index is 0.0936. The molecule has 7 heteroatoms. The molecule has 2 unspecified atom stereocenters. The van der Waals surface area contributed by atoms with E-state index < -0.39 is 5.60 Å². The van der Waals surface area contributed by atoms with Gasteiger partial charge < -0.3 is 14.1 Å². The van der Waals surface area contributed by atoms with Crippen molar-refractivity contribution >= 4 is 11.8 Å². The second-order valence-electron chi connectivity index (χ2n) is 11.5. The first-order chi connectivity index (χ1) is 18.0. The van der Waals surface area contributed by atoms with Gasteiger partial charge in [-0.2, -0.15) is 4.98 Å². The number of quaternary nitrogens is 1. The lowest BCUT2D eigenvalue weighted by Crippen LogP contribution is -2.61. The third kappa shape index (κ3) is 5.10. The van der Waals surface area contributed by atoms with Crippen LogP contribution in [0.3, 0.4) is 0 Å². The summed E-state index contributed by atoms with van der Waals surface area (Å²) in [6.45, 7) is 4.08. The summed E-state index contributed by atoms with van der Waals surface area (Å²) in [5.41, 5.74) is -0.364. The number of hydrogen-bond acceptors (Lipinski definition) is 5. The number of piperidine rings is 3. The summed E-state index contributed by atoms with van der Waals surface area (Å²) in [5.74, 6) is 3.34. The van der Waals surface area contributed by atoms with Crippen LogP contribution in [0.5, 0.6) is 0 Å². The van der Waals surface area contributed by atoms with Crippen LogP contribution < -0.4 is 0 Å². The second kappa shape index (κ2) is 10.5. The molecule has 0 amide bonds. The zero-order valence-electron chi connectivity index (χ0n) is 21.4. The molecule has 4 aliphatic rings. The van der Waals surface area contributed by atoms with Crippen LogP contribution in [0.1, 0.15) is 62.2 Å². The number of benzene rings is 2. The number of nitrogens with zero attached hydrogens (tertiary/aromatic N) is 3. The molecule has 4 heterocycles. The van der Waals surface area contributed by atoms with E-state index in [1.54, 1.807) is 23.9 Å². The number of rotatable bonds is 8. The maximum absolute atomic E-state index is 13.6. The van der Waals surface area contributed by atoms with Crippen LogP contribution in [0.25, 0.3) is 0 Å². The van der Waals surface area contributed by atoms with Crippen LogP contribution in [-0.4, -0.2) is 45.1 Å². The van der Waals surface area contributed by atoms with E-state index >= 15 is 0 Å². The predicted octanol–water partition coefficient (Wildman–Crippen LogP) is 6.17. The zero-order valence-corrected chi connectivity index (χ0v) is 22.2. The van der Waals surface area contributed by atoms with Gasteiger partial charge in [-0.1, -0.05) is 60.8 Å². The van der Waals surface area contributed by atoms with Crippen LogP contribution in [0.15, 0.2) is 64.0 Å². The Morgan fingerprint density at radius 1 is 1.00 bits per heavy atom. The molecule has 1 aromatic heterocycles. The Labute approximate surface area is 223 Å². The van der Waals surface area contributed by atoms with Gasteiger partial charge in [-0.3, -0.25) is 0 Å². The number of aliphatic hydroxyl groups is 1. The number of thioether (sulfide) groups is 1. The highest BCUT2D eigenvalue weighted by Crippen LogP contribution is 2.44. The van der Waals surface area contributed by atoms with Crippen molar-refractivity contribution in [2.45, 2.75) is 62.0 Å². The molecule has 0 spiro atoms. The minimum Gasteiger partial charge on any atom is -0.377 e. The third-order valence-electron chi connectivity index (χ3n) is 9.19. The Balaban J connectivity index is 1.19. The molecule has 2 atom stereocenters. The molecular formula is C30H37FN3O2S+. The average Bonchev–Trinajstić information content (AvgIpc) is 3.41. The van der Waals surface area contributed by atoms with Crippen LogP contribution in [-0.2, 0) is 12.1 Å². The summed E-state index contributed by atoms with van der Waals surface area (Å²) < 4.78 is 20.5. The molecule has 3 saturated heterocycles. The quantitative estimate of drug-likeness (QED) is 0.283. The minimum atomic E-state index is -1.22. The van der Waals surface area contributed by atoms with E-state index in [1.807, 2.05) is 36.4 Å². The standard InChI is InChI=1S/C30H37FN3O2S/c31-26-12-7-13-27(18-26)37-21-23-19-34(16-14-22(23)15-17-34)20-28-32-29(33-36-28)30(35,24-8-3-1-4-9-24)25-10-5-2-6-11-25/h1,3-4,7-9,12-13,18,22-23,25,35H,2,5-6,10-11,14-17,19-21H2/q+1. The average molecular weight is 523 g/mol. The molecule has 7 rings (SSSR count). The van der Waals surface area contributed by atoms with Gasteiger partial charge in [-0.25, -0.2) is 4.39 Å². The third-order valence-corrected chi connectivity index (χ3v) is 10.4. The molecule has 1 saturated carbocycles. The van der Waals surface area contributed by atoms with Crippen molar-refractivity contribution in [2.24, 2.45) is 17.8 Å². The molecule has 3 aromatic rings. The zero-order chi connectivity index (χ0) is 25.3. The number of aromatic nitrogens is 2. The van der Waals surface area contributed by atoms with Crippen molar-refractivity contribution in [3.63, 3.8) is 0 Å². The number of fused-ring (bicyclic) bond motifs is 3. The Kier molecular flexibility index (Phi) is 7.12. The fraction of sp³-hybridized carbons (Fsp3) is 0.533. The van der Waals surface area contributed by atoms with E-state index in [0.717, 1.165) is 78.5 Å². The van der Waals surface area contributed by atoms with E-state index in [4.69, 9.17) is 9.51 Å². The highest BCUT2D eigenvalue weighted by atomic mass is 32.2. The molecular weight excluding hydrogens is 485 g/mol. The molecule has 0 radical (unpaired) electrons. The largest absolute Gasteiger partial charge is 0.377 e. The van der Waals surface area contributed by atoms with Gasteiger partial charge in [0.2, 0.25) is 5.82 Å². The number of hydrogen-bond donors (Lipinski definition) is 1. The van der Waals surface area contributed by atoms with E-state index in [9.17, 15) is 9.50 Å². The maximum atomic E-state index is 13.6. The first-order valence-electron chi connectivity index (χ1n) is 13.9. The highest BCUT2D eigenvalue weighted by molar-refractivity contribution is 7.99. The number of halogens is 1. The first-order valence-corrected chi connectivity index (χ1v) is 14.9. The lowest BCUT2D eigenvalue weighted by Gasteiger charge is -2.52. The maximum Gasteiger partial charge on any atom is 0.282 e. The summed E-state index contributed by atoms with van der Waals surface area (Å²) in [5, 5.41) is 16.5. The first kappa shape index (κ1) is 25.1. The van der Waals surface area contributed by atoms with Crippen molar-refractivity contribution in [3.8, 4) is 0 Å². The molecule has 4 fully saturated rings. The molecule has 2 aromatic carbocycles. The van der Waals surface area contributed by atoms with Crippen LogP contribution in [0.2, 0.25) is 0 Å². The van der Waals surface area contributed by atoms with Crippen molar-refractivity contribution in [3.05, 3.63) is 77.7 Å². The molecule has 1 N–H and O–H groups in total. The summed E-state index contributed by atoms with van der Waals surface area (Å²) >= 11 is 1.77. The molecule has 3 aliphatic heterocycles. The summed E-state index contributed by atoms with van der Waals surface area (Å²) in [6, 6.07) is 16.8. The highest BCUT2D eigenvalue weighted by Gasteiger charge is 2.48. The van der Waals surface area contributed by atoms with E-state index in [1.165, 1.54) is 25.3 Å². The predicted molar refractivity (Wildman–Crippen MR) is 142 cm³/mol. The molecule has 1 aliphatic carbocycles. The van der Waals surface area contributed by atoms with Gasteiger partial charge in [-0.15, -0.1) is 11.8 Å². The van der Waals surface area contributed by atoms with E-state index in [2.05, 4.69) is 5.16 Å². The fourth-order valence-corrected chi connectivity index (χ4v) is 8.28. The SMILES string of the molecule is OC(c1ccccc1)(c1noc(C[N+]23CCC(CC2)C(CSc2cccc(F)c2)C3)n1)C1CCCCC1. The molecule has 2 bridgehead atoms. The van der Waals surface area contributed by atoms with Gasteiger partial charge >= 0.3 is 0 Å². The second-order valence-corrected chi connectivity index (χ2v) is 12.6. The van der Waals surface area contributed by atoms with Gasteiger partial charge in [0, 0.05) is 29.4 Å². The lowest BCUT2D eigenvalue weighted by molar-refractivity contribution is -0.959. The van der Waals surface area contributed by atoms with Gasteiger partial charge in [0.25, 0.3) is 5.89 Å². The molecule has 196 valence electrons. The Hall–Kier alpha value is -2.22. The van der Waals surface area contributed by atoms with E-state index in [-0.39, 0.29) is 11.7 Å². The Bertz CT molecular complexity index is 1190. The summed E-state index contributed by atoms with van der Waals surface area (Å²) in [7, 11) is 0. The lowest BCUT2D eigenvalue weighted by atomic mass is 9.73. The smallest absolute Gasteiger partial charge is 0.282 e. The van der Waals surface area contributed by atoms with Gasteiger partial charge in [0.1, 0.15) is 5.82 Å². The van der Waals surface area contributed by atoms with Crippen LogP contribution >= 0.6 is 11.8 Å². The van der Waals surface area contributed by atoms with Gasteiger partial charge in [-0.05, 0) is 48.4 Å². The summed E-state index contributed by atoms with van der Waals surface area (Å²) in [6.07, 6.45) is 7.85. The Morgan fingerprint density at radius 2 is 1.78 bits per heavy atom. The van der Waals surface area contributed by atoms with Crippen molar-refractivity contribution in [1.29, 1.82) is 0 Å². The van der Waals surface area contributed by atoms with Crippen LogP contribution in [0.4, 0.5) is 4.39 Å². The topological polar surface area (TPSA) is 59.2 Å². The van der Waals surface area contributed by atoms with Gasteiger partial charge in [0.05, 0.1) is 19.6 Å². The summed E-state index contributed by atoms with van der Waals surface area (Å²) in [4.78, 5) is 5.88. The van der Waals surface area contributed by atoms with Crippen molar-refractivity contribution in [1.82, 2.24) is 10.1 Å². The van der Waals surface area contributed by atoms with Crippen LogP contribution in [0, 0.1) is 23.6 Å². The fourth-order valence-electron chi connectivity index (χ4n) is 7.13. The van der Waals surface area contributed by atoms with Gasteiger partial charge in [0.15, 0.2) is 12.1 Å². The molecule has 37 heavy (non-hydrogen) atoms. The van der Waals surface area contributed by atoms with E-state index in [0.29, 0.717) is 17.6 Å². The monoisotopic (exact) mass is 522 g/mol. The molecule has 5 nitrogen and oxygen atoms in total.